The number of hydrogen-bond donors (Lipinski definition) is 1. The summed E-state index contributed by atoms with van der Waals surface area (Å²) >= 11 is 0. The van der Waals surface area contributed by atoms with Crippen LogP contribution in [0, 0.1) is 25.7 Å². The molecule has 0 aromatic heterocycles. The van der Waals surface area contributed by atoms with E-state index in [4.69, 9.17) is 5.73 Å². The predicted molar refractivity (Wildman–Crippen MR) is 104 cm³/mol. The highest BCUT2D eigenvalue weighted by Gasteiger charge is 2.25. The van der Waals surface area contributed by atoms with E-state index in [9.17, 15) is 4.79 Å². The van der Waals surface area contributed by atoms with E-state index in [1.165, 1.54) is 42.6 Å². The zero-order valence-corrected chi connectivity index (χ0v) is 15.8. The van der Waals surface area contributed by atoms with Gasteiger partial charge in [-0.3, -0.25) is 9.69 Å². The number of nitrogens with two attached hydrogens (primary N) is 1. The van der Waals surface area contributed by atoms with Gasteiger partial charge in [0.1, 0.15) is 0 Å². The minimum absolute atomic E-state index is 0.0964. The molecule has 1 aliphatic heterocycles. The first-order valence-corrected chi connectivity index (χ1v) is 9.87. The molecule has 0 unspecified atom stereocenters. The van der Waals surface area contributed by atoms with Gasteiger partial charge in [-0.25, -0.2) is 0 Å². The highest BCUT2D eigenvalue weighted by Crippen LogP contribution is 2.31. The van der Waals surface area contributed by atoms with Crippen molar-refractivity contribution >= 4 is 11.6 Å². The molecule has 1 saturated heterocycles. The number of carbonyl (C=O) groups is 1. The van der Waals surface area contributed by atoms with Crippen LogP contribution in [-0.2, 0) is 4.79 Å². The number of amides is 1. The average molecular weight is 344 g/mol. The Kier molecular flexibility index (Phi) is 6.00. The van der Waals surface area contributed by atoms with Gasteiger partial charge in [-0.15, -0.1) is 0 Å². The third kappa shape index (κ3) is 4.75. The number of benzene rings is 1. The highest BCUT2D eigenvalue weighted by atomic mass is 16.1. The Bertz CT molecular complexity index is 585. The molecule has 1 amide bonds. The van der Waals surface area contributed by atoms with Crippen molar-refractivity contribution in [2.75, 3.05) is 37.6 Å². The Morgan fingerprint density at radius 3 is 2.32 bits per heavy atom. The Morgan fingerprint density at radius 2 is 1.72 bits per heavy atom. The molecule has 2 fully saturated rings. The average Bonchev–Trinajstić information content (AvgIpc) is 2.63. The van der Waals surface area contributed by atoms with E-state index in [1.807, 2.05) is 0 Å². The monoisotopic (exact) mass is 343 g/mol. The van der Waals surface area contributed by atoms with Crippen molar-refractivity contribution in [1.29, 1.82) is 0 Å². The van der Waals surface area contributed by atoms with Gasteiger partial charge in [0.15, 0.2) is 0 Å². The fourth-order valence-corrected chi connectivity index (χ4v) is 4.25. The quantitative estimate of drug-likeness (QED) is 0.894. The second-order valence-corrected chi connectivity index (χ2v) is 8.01. The van der Waals surface area contributed by atoms with Crippen molar-refractivity contribution < 1.29 is 4.79 Å². The van der Waals surface area contributed by atoms with Crippen LogP contribution in [0.3, 0.4) is 0 Å². The van der Waals surface area contributed by atoms with Gasteiger partial charge in [-0.2, -0.15) is 0 Å². The van der Waals surface area contributed by atoms with Crippen molar-refractivity contribution in [3.63, 3.8) is 0 Å². The van der Waals surface area contributed by atoms with Crippen molar-refractivity contribution in [2.45, 2.75) is 46.0 Å². The summed E-state index contributed by atoms with van der Waals surface area (Å²) in [7, 11) is 0. The topological polar surface area (TPSA) is 49.6 Å². The first kappa shape index (κ1) is 18.2. The first-order valence-electron chi connectivity index (χ1n) is 9.87. The van der Waals surface area contributed by atoms with Crippen LogP contribution >= 0.6 is 0 Å². The van der Waals surface area contributed by atoms with Crippen LogP contribution in [0.15, 0.2) is 18.2 Å². The van der Waals surface area contributed by atoms with Crippen molar-refractivity contribution in [3.05, 3.63) is 29.3 Å². The molecule has 1 aliphatic carbocycles. The number of carbonyl (C=O) groups excluding carboxylic acids is 1. The van der Waals surface area contributed by atoms with E-state index >= 15 is 0 Å². The molecule has 0 bridgehead atoms. The molecule has 0 radical (unpaired) electrons. The van der Waals surface area contributed by atoms with Crippen LogP contribution in [0.5, 0.6) is 0 Å². The smallest absolute Gasteiger partial charge is 0.220 e. The lowest BCUT2D eigenvalue weighted by Gasteiger charge is -2.37. The fourth-order valence-electron chi connectivity index (χ4n) is 4.25. The SMILES string of the molecule is Cc1ccc(N2CCN(CCC3CCC(C(N)=O)CC3)CC2)cc1C. The molecule has 0 atom stereocenters. The summed E-state index contributed by atoms with van der Waals surface area (Å²) in [5.41, 5.74) is 9.55. The van der Waals surface area contributed by atoms with E-state index in [0.717, 1.165) is 44.9 Å². The molecule has 4 nitrogen and oxygen atoms in total. The molecule has 1 heterocycles. The third-order valence-electron chi connectivity index (χ3n) is 6.33. The minimum atomic E-state index is -0.0964. The maximum atomic E-state index is 11.3. The van der Waals surface area contributed by atoms with Crippen molar-refractivity contribution in [1.82, 2.24) is 4.90 Å². The Balaban J connectivity index is 1.39. The van der Waals surface area contributed by atoms with Gasteiger partial charge in [0.25, 0.3) is 0 Å². The van der Waals surface area contributed by atoms with E-state index < -0.39 is 0 Å². The van der Waals surface area contributed by atoms with Crippen LogP contribution in [0.1, 0.15) is 43.2 Å². The van der Waals surface area contributed by atoms with Gasteiger partial charge in [0.2, 0.25) is 5.91 Å². The Hall–Kier alpha value is -1.55. The van der Waals surface area contributed by atoms with E-state index in [1.54, 1.807) is 0 Å². The maximum absolute atomic E-state index is 11.3. The molecule has 3 rings (SSSR count). The number of hydrogen-bond acceptors (Lipinski definition) is 3. The first-order chi connectivity index (χ1) is 12.0. The summed E-state index contributed by atoms with van der Waals surface area (Å²) in [5, 5.41) is 0. The van der Waals surface area contributed by atoms with Crippen LogP contribution in [0.4, 0.5) is 5.69 Å². The zero-order chi connectivity index (χ0) is 17.8. The molecule has 2 N–H and O–H groups in total. The van der Waals surface area contributed by atoms with Crippen molar-refractivity contribution in [2.24, 2.45) is 17.6 Å². The number of aryl methyl sites for hydroxylation is 2. The van der Waals surface area contributed by atoms with Crippen LogP contribution in [-0.4, -0.2) is 43.5 Å². The third-order valence-corrected chi connectivity index (χ3v) is 6.33. The molecule has 4 heteroatoms. The van der Waals surface area contributed by atoms with Gasteiger partial charge < -0.3 is 10.6 Å². The minimum Gasteiger partial charge on any atom is -0.369 e. The van der Waals surface area contributed by atoms with E-state index in [-0.39, 0.29) is 11.8 Å². The van der Waals surface area contributed by atoms with Crippen LogP contribution < -0.4 is 10.6 Å². The van der Waals surface area contributed by atoms with Gasteiger partial charge >= 0.3 is 0 Å². The van der Waals surface area contributed by atoms with Crippen LogP contribution in [0.2, 0.25) is 0 Å². The Labute approximate surface area is 152 Å². The zero-order valence-electron chi connectivity index (χ0n) is 15.8. The Morgan fingerprint density at radius 1 is 1.04 bits per heavy atom. The number of anilines is 1. The second-order valence-electron chi connectivity index (χ2n) is 8.01. The molecule has 138 valence electrons. The molecule has 1 saturated carbocycles. The summed E-state index contributed by atoms with van der Waals surface area (Å²) in [6.45, 7) is 10.1. The summed E-state index contributed by atoms with van der Waals surface area (Å²) in [4.78, 5) is 16.4. The maximum Gasteiger partial charge on any atom is 0.220 e. The number of piperazine rings is 1. The lowest BCUT2D eigenvalue weighted by molar-refractivity contribution is -0.123. The van der Waals surface area contributed by atoms with E-state index in [2.05, 4.69) is 41.8 Å². The second kappa shape index (κ2) is 8.22. The normalized spacial score (nSPS) is 25.1. The lowest BCUT2D eigenvalue weighted by Crippen LogP contribution is -2.47. The summed E-state index contributed by atoms with van der Waals surface area (Å²) in [6.07, 6.45) is 5.63. The van der Waals surface area contributed by atoms with Gasteiger partial charge in [0, 0.05) is 37.8 Å². The van der Waals surface area contributed by atoms with E-state index in [0.29, 0.717) is 0 Å². The highest BCUT2D eigenvalue weighted by molar-refractivity contribution is 5.76. The number of rotatable bonds is 5. The predicted octanol–water partition coefficient (Wildman–Crippen LogP) is 3.11. The molecular weight excluding hydrogens is 310 g/mol. The standard InChI is InChI=1S/C21H33N3O/c1-16-3-8-20(15-17(16)2)24-13-11-23(12-14-24)10-9-18-4-6-19(7-5-18)21(22)25/h3,8,15,18-19H,4-7,9-14H2,1-2H3,(H2,22,25). The molecule has 2 aliphatic rings. The summed E-state index contributed by atoms with van der Waals surface area (Å²) < 4.78 is 0. The van der Waals surface area contributed by atoms with Gasteiger partial charge in [-0.1, -0.05) is 6.07 Å². The summed E-state index contributed by atoms with van der Waals surface area (Å²) in [6, 6.07) is 6.82. The van der Waals surface area contributed by atoms with Crippen LogP contribution in [0.25, 0.3) is 0 Å². The van der Waals surface area contributed by atoms with Gasteiger partial charge in [0.05, 0.1) is 0 Å². The fraction of sp³-hybridized carbons (Fsp3) is 0.667. The molecule has 25 heavy (non-hydrogen) atoms. The van der Waals surface area contributed by atoms with Crippen molar-refractivity contribution in [3.8, 4) is 0 Å². The molecule has 1 aromatic carbocycles. The summed E-state index contributed by atoms with van der Waals surface area (Å²) in [5.74, 6) is 0.826. The number of primary amides is 1. The number of nitrogens with zero attached hydrogens (tertiary/aromatic N) is 2. The lowest BCUT2D eigenvalue weighted by atomic mass is 9.80. The van der Waals surface area contributed by atoms with Gasteiger partial charge in [-0.05, 0) is 81.7 Å². The largest absolute Gasteiger partial charge is 0.369 e. The molecule has 0 spiro atoms. The molecule has 1 aromatic rings. The molecular formula is C21H33N3O.